The van der Waals surface area contributed by atoms with Gasteiger partial charge in [0.15, 0.2) is 0 Å². The lowest BCUT2D eigenvalue weighted by molar-refractivity contribution is -0.137. The summed E-state index contributed by atoms with van der Waals surface area (Å²) in [7, 11) is 5.44. The van der Waals surface area contributed by atoms with E-state index in [1.807, 2.05) is 57.9 Å². The highest BCUT2D eigenvalue weighted by molar-refractivity contribution is 5.80. The van der Waals surface area contributed by atoms with Gasteiger partial charge in [-0.3, -0.25) is 4.79 Å². The second kappa shape index (κ2) is 11.7. The van der Waals surface area contributed by atoms with Crippen molar-refractivity contribution in [2.45, 2.75) is 12.8 Å². The van der Waals surface area contributed by atoms with E-state index in [4.69, 9.17) is 14.6 Å². The first-order valence-electron chi connectivity index (χ1n) is 14.2. The van der Waals surface area contributed by atoms with Gasteiger partial charge in [-0.1, -0.05) is 12.1 Å². The van der Waals surface area contributed by atoms with Gasteiger partial charge in [0.05, 0.1) is 43.2 Å². The molecule has 1 atom stereocenters. The number of aromatic nitrogens is 3. The summed E-state index contributed by atoms with van der Waals surface area (Å²) in [5.74, 6) is 2.24. The van der Waals surface area contributed by atoms with Crippen molar-refractivity contribution in [2.75, 3.05) is 70.8 Å². The van der Waals surface area contributed by atoms with Crippen LogP contribution in [-0.4, -0.2) is 90.8 Å². The highest BCUT2D eigenvalue weighted by Crippen LogP contribution is 2.34. The molecule has 0 radical (unpaired) electrons. The average Bonchev–Trinajstić information content (AvgIpc) is 3.44. The molecule has 2 saturated heterocycles. The molecule has 2 aliphatic heterocycles. The van der Waals surface area contributed by atoms with E-state index in [2.05, 4.69) is 33.2 Å². The lowest BCUT2D eigenvalue weighted by Crippen LogP contribution is -2.51. The second-order valence-electron chi connectivity index (χ2n) is 10.8. The summed E-state index contributed by atoms with van der Waals surface area (Å²) in [5.41, 5.74) is 4.56. The van der Waals surface area contributed by atoms with Gasteiger partial charge in [0.25, 0.3) is 0 Å². The van der Waals surface area contributed by atoms with E-state index < -0.39 is 0 Å². The number of anilines is 3. The number of carbonyl (C=O) groups is 1. The van der Waals surface area contributed by atoms with Crippen molar-refractivity contribution in [3.63, 3.8) is 0 Å². The summed E-state index contributed by atoms with van der Waals surface area (Å²) in [6.07, 6.45) is 3.72. The molecule has 214 valence electrons. The zero-order chi connectivity index (χ0) is 28.3. The summed E-state index contributed by atoms with van der Waals surface area (Å²) in [4.78, 5) is 24.4. The molecule has 4 aromatic rings. The number of amides is 1. The fourth-order valence-corrected chi connectivity index (χ4v) is 5.82. The summed E-state index contributed by atoms with van der Waals surface area (Å²) in [6.45, 7) is 5.16. The number of ether oxygens (including phenoxy) is 2. The Labute approximate surface area is 240 Å². The third-order valence-corrected chi connectivity index (χ3v) is 8.16. The SMILES string of the molecule is COc1cc(N2CCC[C@H](C(=O)N3CCN(C)CC3)C2)ccc1Nc1ncc2ccc(-c3ccccc3OC)n2n1. The van der Waals surface area contributed by atoms with Gasteiger partial charge in [0.1, 0.15) is 11.5 Å². The smallest absolute Gasteiger partial charge is 0.245 e. The number of methoxy groups -OCH3 is 2. The molecule has 4 heterocycles. The van der Waals surface area contributed by atoms with Crippen LogP contribution in [0.15, 0.2) is 60.8 Å². The quantitative estimate of drug-likeness (QED) is 0.364. The van der Waals surface area contributed by atoms with Crippen LogP contribution in [0, 0.1) is 5.92 Å². The minimum absolute atomic E-state index is 0.0232. The fraction of sp³-hybridized carbons (Fsp3) is 0.387. The fourth-order valence-electron chi connectivity index (χ4n) is 5.82. The third kappa shape index (κ3) is 5.52. The molecular weight excluding hydrogens is 518 g/mol. The van der Waals surface area contributed by atoms with Gasteiger partial charge in [-0.2, -0.15) is 0 Å². The number of nitrogens with one attached hydrogen (secondary N) is 1. The zero-order valence-electron chi connectivity index (χ0n) is 23.9. The van der Waals surface area contributed by atoms with Crippen LogP contribution in [0.3, 0.4) is 0 Å². The number of piperazine rings is 1. The predicted molar refractivity (Wildman–Crippen MR) is 160 cm³/mol. The molecule has 6 rings (SSSR count). The number of piperidine rings is 1. The summed E-state index contributed by atoms with van der Waals surface area (Å²) < 4.78 is 13.2. The van der Waals surface area contributed by atoms with E-state index >= 15 is 0 Å². The molecule has 0 spiro atoms. The van der Waals surface area contributed by atoms with Crippen LogP contribution in [0.25, 0.3) is 16.8 Å². The Balaban J connectivity index is 1.20. The molecule has 2 aromatic heterocycles. The van der Waals surface area contributed by atoms with E-state index in [0.29, 0.717) is 11.7 Å². The maximum absolute atomic E-state index is 13.3. The van der Waals surface area contributed by atoms with E-state index in [0.717, 1.165) is 86.0 Å². The van der Waals surface area contributed by atoms with Gasteiger partial charge < -0.3 is 29.5 Å². The molecule has 0 aliphatic carbocycles. The molecule has 10 heteroatoms. The van der Waals surface area contributed by atoms with Crippen molar-refractivity contribution >= 4 is 28.7 Å². The average molecular weight is 556 g/mol. The normalized spacial score (nSPS) is 18.0. The number of benzene rings is 2. The standard InChI is InChI=1S/C31H37N7O3/c1-35-15-17-36(18-16-35)30(39)22-7-6-14-37(21-22)23-10-12-26(29(19-23)41-3)33-31-32-20-24-11-13-27(38(24)34-31)25-8-4-5-9-28(25)40-2/h4-5,8-13,19-20,22H,6-7,14-18,21H2,1-3H3,(H,33,34)/t22-/m0/s1. The minimum Gasteiger partial charge on any atom is -0.496 e. The van der Waals surface area contributed by atoms with Crippen molar-refractivity contribution in [2.24, 2.45) is 5.92 Å². The maximum atomic E-state index is 13.3. The Kier molecular flexibility index (Phi) is 7.65. The number of nitrogens with zero attached hydrogens (tertiary/aromatic N) is 6. The van der Waals surface area contributed by atoms with Crippen LogP contribution in [-0.2, 0) is 4.79 Å². The van der Waals surface area contributed by atoms with Crippen molar-refractivity contribution < 1.29 is 14.3 Å². The highest BCUT2D eigenvalue weighted by Gasteiger charge is 2.31. The molecule has 2 aromatic carbocycles. The largest absolute Gasteiger partial charge is 0.496 e. The summed E-state index contributed by atoms with van der Waals surface area (Å²) in [6, 6.07) is 18.0. The first kappa shape index (κ1) is 26.9. The Hall–Kier alpha value is -4.31. The van der Waals surface area contributed by atoms with Gasteiger partial charge in [-0.15, -0.1) is 5.10 Å². The van der Waals surface area contributed by atoms with Gasteiger partial charge in [-0.05, 0) is 56.3 Å². The molecule has 2 aliphatic rings. The number of hydrogen-bond acceptors (Lipinski definition) is 8. The Morgan fingerprint density at radius 1 is 0.951 bits per heavy atom. The van der Waals surface area contributed by atoms with E-state index in [1.54, 1.807) is 20.4 Å². The molecule has 10 nitrogen and oxygen atoms in total. The Bertz CT molecular complexity index is 1530. The minimum atomic E-state index is 0.0232. The molecule has 2 fully saturated rings. The first-order valence-corrected chi connectivity index (χ1v) is 14.2. The van der Waals surface area contributed by atoms with Crippen LogP contribution in [0.5, 0.6) is 11.5 Å². The van der Waals surface area contributed by atoms with Gasteiger partial charge in [0.2, 0.25) is 11.9 Å². The van der Waals surface area contributed by atoms with Crippen molar-refractivity contribution in [3.05, 3.63) is 60.8 Å². The molecule has 0 saturated carbocycles. The van der Waals surface area contributed by atoms with Gasteiger partial charge in [-0.25, -0.2) is 9.50 Å². The third-order valence-electron chi connectivity index (χ3n) is 8.16. The van der Waals surface area contributed by atoms with Gasteiger partial charge in [0, 0.05) is 56.6 Å². The van der Waals surface area contributed by atoms with Crippen molar-refractivity contribution in [1.29, 1.82) is 0 Å². The predicted octanol–water partition coefficient (Wildman–Crippen LogP) is 4.15. The number of hydrogen-bond donors (Lipinski definition) is 1. The second-order valence-corrected chi connectivity index (χ2v) is 10.8. The van der Waals surface area contributed by atoms with E-state index in [-0.39, 0.29) is 11.8 Å². The molecular formula is C31H37N7O3. The van der Waals surface area contributed by atoms with Crippen molar-refractivity contribution in [1.82, 2.24) is 24.4 Å². The number of para-hydroxylation sites is 1. The summed E-state index contributed by atoms with van der Waals surface area (Å²) in [5, 5.41) is 8.11. The maximum Gasteiger partial charge on any atom is 0.245 e. The monoisotopic (exact) mass is 555 g/mol. The van der Waals surface area contributed by atoms with Gasteiger partial charge >= 0.3 is 0 Å². The number of carbonyl (C=O) groups excluding carboxylic acids is 1. The van der Waals surface area contributed by atoms with Crippen LogP contribution in [0.1, 0.15) is 12.8 Å². The zero-order valence-corrected chi connectivity index (χ0v) is 23.9. The Morgan fingerprint density at radius 2 is 1.76 bits per heavy atom. The number of rotatable bonds is 7. The Morgan fingerprint density at radius 3 is 2.56 bits per heavy atom. The molecule has 41 heavy (non-hydrogen) atoms. The van der Waals surface area contributed by atoms with Crippen molar-refractivity contribution in [3.8, 4) is 22.8 Å². The number of fused-ring (bicyclic) bond motifs is 1. The molecule has 0 unspecified atom stereocenters. The first-order chi connectivity index (χ1) is 20.0. The number of likely N-dealkylation sites (N-methyl/N-ethyl adjacent to an activating group) is 1. The lowest BCUT2D eigenvalue weighted by atomic mass is 9.95. The van der Waals surface area contributed by atoms with Crippen LogP contribution in [0.2, 0.25) is 0 Å². The van der Waals surface area contributed by atoms with Crippen LogP contribution >= 0.6 is 0 Å². The van der Waals surface area contributed by atoms with Crippen LogP contribution < -0.4 is 19.7 Å². The van der Waals surface area contributed by atoms with Crippen LogP contribution in [0.4, 0.5) is 17.3 Å². The summed E-state index contributed by atoms with van der Waals surface area (Å²) >= 11 is 0. The molecule has 1 N–H and O–H groups in total. The molecule has 0 bridgehead atoms. The van der Waals surface area contributed by atoms with E-state index in [9.17, 15) is 4.79 Å². The molecule has 1 amide bonds. The topological polar surface area (TPSA) is 87.5 Å². The highest BCUT2D eigenvalue weighted by atomic mass is 16.5. The van der Waals surface area contributed by atoms with E-state index in [1.165, 1.54) is 0 Å². The lowest BCUT2D eigenvalue weighted by Gasteiger charge is -2.39.